The Morgan fingerprint density at radius 1 is 1.38 bits per heavy atom. The zero-order chi connectivity index (χ0) is 14.6. The Kier molecular flexibility index (Phi) is 3.34. The zero-order valence-electron chi connectivity index (χ0n) is 12.9. The summed E-state index contributed by atoms with van der Waals surface area (Å²) in [5, 5.41) is 0. The van der Waals surface area contributed by atoms with Gasteiger partial charge in [-0.05, 0) is 31.4 Å². The van der Waals surface area contributed by atoms with Gasteiger partial charge in [-0.15, -0.1) is 0 Å². The van der Waals surface area contributed by atoms with Gasteiger partial charge in [0.1, 0.15) is 0 Å². The molecule has 0 radical (unpaired) electrons. The highest BCUT2D eigenvalue weighted by Crippen LogP contribution is 2.48. The van der Waals surface area contributed by atoms with Crippen LogP contribution in [0.25, 0.3) is 0 Å². The van der Waals surface area contributed by atoms with E-state index < -0.39 is 10.8 Å². The van der Waals surface area contributed by atoms with E-state index in [1.54, 1.807) is 0 Å². The van der Waals surface area contributed by atoms with Crippen LogP contribution in [0.5, 0.6) is 0 Å². The van der Waals surface area contributed by atoms with Crippen molar-refractivity contribution in [1.82, 2.24) is 4.90 Å². The highest BCUT2D eigenvalue weighted by Gasteiger charge is 2.45. The third-order valence-corrected chi connectivity index (χ3v) is 7.08. The van der Waals surface area contributed by atoms with Gasteiger partial charge >= 0.3 is 0 Å². The lowest BCUT2D eigenvalue weighted by atomic mass is 9.88. The molecule has 114 valence electrons. The van der Waals surface area contributed by atoms with Crippen LogP contribution < -0.4 is 4.90 Å². The van der Waals surface area contributed by atoms with Gasteiger partial charge in [-0.3, -0.25) is 9.11 Å². The van der Waals surface area contributed by atoms with Crippen LogP contribution in [-0.2, 0) is 10.8 Å². The third-order valence-electron chi connectivity index (χ3n) is 5.70. The maximum absolute atomic E-state index is 12.3. The quantitative estimate of drug-likeness (QED) is 0.839. The number of nitrogens with zero attached hydrogens (tertiary/aromatic N) is 2. The van der Waals surface area contributed by atoms with Crippen LogP contribution >= 0.6 is 0 Å². The minimum absolute atomic E-state index is 0.609. The average Bonchev–Trinajstić information content (AvgIpc) is 2.85. The molecule has 0 saturated carbocycles. The number of para-hydroxylation sites is 1. The average molecular weight is 304 g/mol. The Morgan fingerprint density at radius 3 is 3.05 bits per heavy atom. The Balaban J connectivity index is 1.73. The van der Waals surface area contributed by atoms with E-state index in [0.717, 1.165) is 17.2 Å². The Morgan fingerprint density at radius 2 is 2.24 bits per heavy atom. The van der Waals surface area contributed by atoms with Gasteiger partial charge < -0.3 is 4.90 Å². The summed E-state index contributed by atoms with van der Waals surface area (Å²) in [5.74, 6) is 1.41. The highest BCUT2D eigenvalue weighted by molar-refractivity contribution is 7.85. The molecule has 0 amide bonds. The van der Waals surface area contributed by atoms with Gasteiger partial charge in [0.25, 0.3) is 0 Å². The molecule has 0 aliphatic carbocycles. The summed E-state index contributed by atoms with van der Waals surface area (Å²) in [7, 11) is -0.794. The van der Waals surface area contributed by atoms with Crippen molar-refractivity contribution in [3.8, 4) is 0 Å². The first-order valence-corrected chi connectivity index (χ1v) is 9.54. The smallest absolute Gasteiger partial charge is 0.0625 e. The lowest BCUT2D eigenvalue weighted by Crippen LogP contribution is -2.50. The summed E-state index contributed by atoms with van der Waals surface area (Å²) in [6.45, 7) is 7.97. The number of piperidine rings is 1. The molecule has 1 fully saturated rings. The fourth-order valence-corrected chi connectivity index (χ4v) is 5.63. The Hall–Kier alpha value is -0.870. The summed E-state index contributed by atoms with van der Waals surface area (Å²) < 4.78 is 12.3. The summed E-state index contributed by atoms with van der Waals surface area (Å²) >= 11 is 0. The molecule has 3 heterocycles. The van der Waals surface area contributed by atoms with Crippen molar-refractivity contribution in [3.05, 3.63) is 23.8 Å². The second-order valence-corrected chi connectivity index (χ2v) is 8.19. The predicted molar refractivity (Wildman–Crippen MR) is 87.5 cm³/mol. The predicted octanol–water partition coefficient (Wildman–Crippen LogP) is 2.58. The van der Waals surface area contributed by atoms with Gasteiger partial charge in [0.15, 0.2) is 0 Å². The molecule has 0 aromatic heterocycles. The Labute approximate surface area is 129 Å². The number of fused-ring (bicyclic) bond motifs is 3. The van der Waals surface area contributed by atoms with E-state index in [4.69, 9.17) is 0 Å². The van der Waals surface area contributed by atoms with Gasteiger partial charge in [-0.25, -0.2) is 0 Å². The maximum Gasteiger partial charge on any atom is 0.0625 e. The number of rotatable bonds is 2. The molecule has 3 aliphatic rings. The molecule has 1 aromatic carbocycles. The van der Waals surface area contributed by atoms with E-state index in [1.807, 2.05) is 0 Å². The van der Waals surface area contributed by atoms with Crippen LogP contribution in [-0.4, -0.2) is 46.6 Å². The largest absolute Gasteiger partial charge is 0.366 e. The van der Waals surface area contributed by atoms with Crippen molar-refractivity contribution in [3.63, 3.8) is 0 Å². The number of hydrogen-bond acceptors (Lipinski definition) is 3. The minimum Gasteiger partial charge on any atom is -0.366 e. The fraction of sp³-hybridized carbons (Fsp3) is 0.647. The minimum atomic E-state index is -0.794. The molecule has 3 aliphatic heterocycles. The number of likely N-dealkylation sites (tertiary alicyclic amines) is 1. The summed E-state index contributed by atoms with van der Waals surface area (Å²) in [4.78, 5) is 6.31. The van der Waals surface area contributed by atoms with Crippen molar-refractivity contribution in [2.24, 2.45) is 0 Å². The van der Waals surface area contributed by atoms with Gasteiger partial charge in [0, 0.05) is 43.4 Å². The molecular weight excluding hydrogens is 280 g/mol. The molecule has 4 heteroatoms. The van der Waals surface area contributed by atoms with Crippen LogP contribution in [0.3, 0.4) is 0 Å². The van der Waals surface area contributed by atoms with E-state index in [0.29, 0.717) is 18.0 Å². The fourth-order valence-electron chi connectivity index (χ4n) is 4.37. The Bertz CT molecular complexity index is 588. The zero-order valence-corrected chi connectivity index (χ0v) is 13.7. The van der Waals surface area contributed by atoms with Crippen molar-refractivity contribution >= 4 is 16.5 Å². The summed E-state index contributed by atoms with van der Waals surface area (Å²) in [6, 6.07) is 7.77. The van der Waals surface area contributed by atoms with Crippen LogP contribution in [0.4, 0.5) is 5.69 Å². The number of hydrogen-bond donors (Lipinski definition) is 0. The monoisotopic (exact) mass is 304 g/mol. The van der Waals surface area contributed by atoms with Gasteiger partial charge in [-0.1, -0.05) is 19.1 Å². The standard InChI is InChI=1S/C17H24N2OS/c1-3-12(2)18-8-7-15-14(11-18)13-5-4-6-16-17(13)19(15)9-10-21(16)20/h4-6,12,14-15H,3,7-11H2,1-2H3. The number of benzene rings is 1. The van der Waals surface area contributed by atoms with Crippen molar-refractivity contribution in [2.45, 2.75) is 49.6 Å². The van der Waals surface area contributed by atoms with Crippen LogP contribution in [0, 0.1) is 0 Å². The first kappa shape index (κ1) is 13.8. The molecule has 0 N–H and O–H groups in total. The van der Waals surface area contributed by atoms with Gasteiger partial charge in [-0.2, -0.15) is 0 Å². The summed E-state index contributed by atoms with van der Waals surface area (Å²) in [6.07, 6.45) is 2.47. The highest BCUT2D eigenvalue weighted by atomic mass is 32.2. The molecular formula is C17H24N2OS. The summed E-state index contributed by atoms with van der Waals surface area (Å²) in [5.41, 5.74) is 2.78. The SMILES string of the molecule is CCC(C)N1CCC2C(C1)c1cccc3c1N2CCS3=O. The van der Waals surface area contributed by atoms with E-state index in [9.17, 15) is 4.21 Å². The molecule has 1 aromatic rings. The molecule has 3 nitrogen and oxygen atoms in total. The van der Waals surface area contributed by atoms with E-state index in [1.165, 1.54) is 37.2 Å². The second kappa shape index (κ2) is 5.10. The van der Waals surface area contributed by atoms with Crippen LogP contribution in [0.2, 0.25) is 0 Å². The van der Waals surface area contributed by atoms with Gasteiger partial charge in [0.05, 0.1) is 21.4 Å². The second-order valence-electron chi connectivity index (χ2n) is 6.65. The van der Waals surface area contributed by atoms with Crippen molar-refractivity contribution in [1.29, 1.82) is 0 Å². The first-order chi connectivity index (χ1) is 10.2. The number of anilines is 1. The van der Waals surface area contributed by atoms with E-state index >= 15 is 0 Å². The van der Waals surface area contributed by atoms with E-state index in [-0.39, 0.29) is 0 Å². The lowest BCUT2D eigenvalue weighted by Gasteiger charge is -2.42. The molecule has 1 saturated heterocycles. The third kappa shape index (κ3) is 1.99. The lowest BCUT2D eigenvalue weighted by molar-refractivity contribution is 0.144. The molecule has 0 spiro atoms. The van der Waals surface area contributed by atoms with Crippen LogP contribution in [0.15, 0.2) is 23.1 Å². The van der Waals surface area contributed by atoms with Gasteiger partial charge in [0.2, 0.25) is 0 Å². The van der Waals surface area contributed by atoms with Crippen molar-refractivity contribution < 1.29 is 4.21 Å². The topological polar surface area (TPSA) is 23.6 Å². The van der Waals surface area contributed by atoms with E-state index in [2.05, 4.69) is 41.8 Å². The molecule has 4 rings (SSSR count). The van der Waals surface area contributed by atoms with Crippen LogP contribution in [0.1, 0.15) is 38.2 Å². The normalized spacial score (nSPS) is 32.7. The molecule has 4 unspecified atom stereocenters. The molecule has 4 atom stereocenters. The first-order valence-electron chi connectivity index (χ1n) is 8.22. The molecule has 21 heavy (non-hydrogen) atoms. The molecule has 0 bridgehead atoms. The van der Waals surface area contributed by atoms with Crippen molar-refractivity contribution in [2.75, 3.05) is 30.3 Å². The maximum atomic E-state index is 12.3.